The van der Waals surface area contributed by atoms with Gasteiger partial charge in [0.1, 0.15) is 12.4 Å². The van der Waals surface area contributed by atoms with Crippen LogP contribution in [0.25, 0.3) is 0 Å². The summed E-state index contributed by atoms with van der Waals surface area (Å²) in [4.78, 5) is 36.8. The molecule has 116 valence electrons. The van der Waals surface area contributed by atoms with Gasteiger partial charge in [-0.1, -0.05) is 0 Å². The molecular formula is C11H17N5O5. The quantitative estimate of drug-likeness (QED) is 0.480. The first-order chi connectivity index (χ1) is 9.88. The molecule has 0 bridgehead atoms. The molecule has 0 aliphatic rings. The van der Waals surface area contributed by atoms with Gasteiger partial charge in [-0.05, 0) is 6.42 Å². The highest BCUT2D eigenvalue weighted by molar-refractivity contribution is 5.82. The molecule has 21 heavy (non-hydrogen) atoms. The van der Waals surface area contributed by atoms with Crippen molar-refractivity contribution in [1.82, 2.24) is 25.4 Å². The van der Waals surface area contributed by atoms with Gasteiger partial charge in [0.15, 0.2) is 5.82 Å². The van der Waals surface area contributed by atoms with Gasteiger partial charge in [-0.25, -0.2) is 14.6 Å². The predicted molar refractivity (Wildman–Crippen MR) is 69.5 cm³/mol. The van der Waals surface area contributed by atoms with E-state index in [4.69, 9.17) is 10.2 Å². The third kappa shape index (κ3) is 6.36. The first-order valence-corrected chi connectivity index (χ1v) is 6.22. The largest absolute Gasteiger partial charge is 0.481 e. The van der Waals surface area contributed by atoms with E-state index >= 15 is 0 Å². The lowest BCUT2D eigenvalue weighted by atomic mass is 10.1. The van der Waals surface area contributed by atoms with E-state index < -0.39 is 24.0 Å². The van der Waals surface area contributed by atoms with Crippen LogP contribution in [0.2, 0.25) is 0 Å². The molecule has 0 aliphatic heterocycles. The number of carbonyl (C=O) groups is 3. The van der Waals surface area contributed by atoms with Crippen LogP contribution in [0, 0.1) is 0 Å². The molecule has 0 fully saturated rings. The van der Waals surface area contributed by atoms with Crippen molar-refractivity contribution in [3.8, 4) is 0 Å². The standard InChI is InChI=1S/C11H17N5O5/c1-16-6-13-8(15-16)4-5-12-11(21)14-7(10(19)20)2-3-9(17)18/h6-7H,2-5H2,1H3,(H,17,18)(H,19,20)(H2,12,14,21). The first kappa shape index (κ1) is 16.4. The third-order valence-electron chi connectivity index (χ3n) is 2.53. The van der Waals surface area contributed by atoms with E-state index in [0.717, 1.165) is 0 Å². The fourth-order valence-electron chi connectivity index (χ4n) is 1.52. The molecular weight excluding hydrogens is 282 g/mol. The van der Waals surface area contributed by atoms with Crippen LogP contribution in [-0.2, 0) is 23.1 Å². The number of carboxylic acid groups (broad SMARTS) is 2. The van der Waals surface area contributed by atoms with Crippen molar-refractivity contribution in [1.29, 1.82) is 0 Å². The molecule has 0 saturated carbocycles. The first-order valence-electron chi connectivity index (χ1n) is 6.22. The van der Waals surface area contributed by atoms with Crippen LogP contribution in [0.3, 0.4) is 0 Å². The minimum atomic E-state index is -1.28. The number of rotatable bonds is 8. The van der Waals surface area contributed by atoms with Gasteiger partial charge < -0.3 is 20.8 Å². The molecule has 1 heterocycles. The Balaban J connectivity index is 2.32. The minimum Gasteiger partial charge on any atom is -0.481 e. The molecule has 1 aromatic heterocycles. The highest BCUT2D eigenvalue weighted by Gasteiger charge is 2.20. The van der Waals surface area contributed by atoms with Crippen molar-refractivity contribution >= 4 is 18.0 Å². The monoisotopic (exact) mass is 299 g/mol. The second-order valence-electron chi connectivity index (χ2n) is 4.31. The number of carbonyl (C=O) groups excluding carboxylic acids is 1. The van der Waals surface area contributed by atoms with Crippen LogP contribution in [0.15, 0.2) is 6.33 Å². The molecule has 0 aromatic carbocycles. The summed E-state index contributed by atoms with van der Waals surface area (Å²) in [6.07, 6.45) is 1.41. The predicted octanol–water partition coefficient (Wildman–Crippen LogP) is -1.03. The number of nitrogens with zero attached hydrogens (tertiary/aromatic N) is 3. The topological polar surface area (TPSA) is 146 Å². The number of aromatic nitrogens is 3. The van der Waals surface area contributed by atoms with Gasteiger partial charge >= 0.3 is 18.0 Å². The summed E-state index contributed by atoms with van der Waals surface area (Å²) < 4.78 is 1.53. The Morgan fingerprint density at radius 2 is 2.10 bits per heavy atom. The lowest BCUT2D eigenvalue weighted by Crippen LogP contribution is -2.46. The van der Waals surface area contributed by atoms with Gasteiger partial charge in [-0.15, -0.1) is 0 Å². The van der Waals surface area contributed by atoms with Gasteiger partial charge in [-0.3, -0.25) is 9.48 Å². The average molecular weight is 299 g/mol. The van der Waals surface area contributed by atoms with Crippen LogP contribution in [0.4, 0.5) is 4.79 Å². The number of amides is 2. The Bertz CT molecular complexity index is 515. The maximum Gasteiger partial charge on any atom is 0.326 e. The molecule has 0 spiro atoms. The van der Waals surface area contributed by atoms with Gasteiger partial charge in [0.25, 0.3) is 0 Å². The van der Waals surface area contributed by atoms with Crippen LogP contribution in [0.5, 0.6) is 0 Å². The maximum atomic E-state index is 11.5. The third-order valence-corrected chi connectivity index (χ3v) is 2.53. The van der Waals surface area contributed by atoms with Crippen LogP contribution < -0.4 is 10.6 Å². The van der Waals surface area contributed by atoms with E-state index in [-0.39, 0.29) is 19.4 Å². The Labute approximate surface area is 120 Å². The Hall–Kier alpha value is -2.65. The molecule has 1 unspecified atom stereocenters. The summed E-state index contributed by atoms with van der Waals surface area (Å²) in [5, 5.41) is 26.1. The van der Waals surface area contributed by atoms with Gasteiger partial charge in [-0.2, -0.15) is 5.10 Å². The van der Waals surface area contributed by atoms with Crippen LogP contribution in [-0.4, -0.2) is 55.5 Å². The molecule has 0 aliphatic carbocycles. The second kappa shape index (κ2) is 7.82. The lowest BCUT2D eigenvalue weighted by molar-refractivity contribution is -0.140. The molecule has 4 N–H and O–H groups in total. The second-order valence-corrected chi connectivity index (χ2v) is 4.31. The van der Waals surface area contributed by atoms with Gasteiger partial charge in [0.2, 0.25) is 0 Å². The summed E-state index contributed by atoms with van der Waals surface area (Å²) in [5.41, 5.74) is 0. The average Bonchev–Trinajstić information content (AvgIpc) is 2.79. The zero-order valence-electron chi connectivity index (χ0n) is 11.4. The molecule has 1 aromatic rings. The van der Waals surface area contributed by atoms with E-state index in [1.54, 1.807) is 7.05 Å². The Morgan fingerprint density at radius 3 is 2.62 bits per heavy atom. The van der Waals surface area contributed by atoms with E-state index in [0.29, 0.717) is 12.2 Å². The summed E-state index contributed by atoms with van der Waals surface area (Å²) in [5.74, 6) is -1.85. The summed E-state index contributed by atoms with van der Waals surface area (Å²) in [6, 6.07) is -1.92. The molecule has 0 saturated heterocycles. The van der Waals surface area contributed by atoms with E-state index in [2.05, 4.69) is 20.7 Å². The van der Waals surface area contributed by atoms with E-state index in [9.17, 15) is 14.4 Å². The zero-order chi connectivity index (χ0) is 15.8. The van der Waals surface area contributed by atoms with Gasteiger partial charge in [0, 0.05) is 26.4 Å². The fourth-order valence-corrected chi connectivity index (χ4v) is 1.52. The zero-order valence-corrected chi connectivity index (χ0v) is 11.4. The van der Waals surface area contributed by atoms with Crippen molar-refractivity contribution in [2.75, 3.05) is 6.54 Å². The molecule has 0 radical (unpaired) electrons. The SMILES string of the molecule is Cn1cnc(CCNC(=O)NC(CCC(=O)O)C(=O)O)n1. The maximum absolute atomic E-state index is 11.5. The number of urea groups is 1. The number of nitrogens with one attached hydrogen (secondary N) is 2. The molecule has 1 atom stereocenters. The van der Waals surface area contributed by atoms with E-state index in [1.807, 2.05) is 0 Å². The summed E-state index contributed by atoms with van der Waals surface area (Å²) in [7, 11) is 1.72. The van der Waals surface area contributed by atoms with Crippen molar-refractivity contribution < 1.29 is 24.6 Å². The number of hydrogen-bond acceptors (Lipinski definition) is 5. The minimum absolute atomic E-state index is 0.181. The summed E-state index contributed by atoms with van der Waals surface area (Å²) >= 11 is 0. The smallest absolute Gasteiger partial charge is 0.326 e. The van der Waals surface area contributed by atoms with Crippen LogP contribution >= 0.6 is 0 Å². The van der Waals surface area contributed by atoms with Crippen LogP contribution in [0.1, 0.15) is 18.7 Å². The normalized spacial score (nSPS) is 11.7. The van der Waals surface area contributed by atoms with Crippen molar-refractivity contribution in [3.05, 3.63) is 12.2 Å². The summed E-state index contributed by atoms with van der Waals surface area (Å²) in [6.45, 7) is 0.237. The number of carboxylic acids is 2. The number of aryl methyl sites for hydroxylation is 1. The highest BCUT2D eigenvalue weighted by Crippen LogP contribution is 1.98. The fraction of sp³-hybridized carbons (Fsp3) is 0.545. The number of hydrogen-bond donors (Lipinski definition) is 4. The van der Waals surface area contributed by atoms with Gasteiger partial charge in [0.05, 0.1) is 0 Å². The molecule has 10 nitrogen and oxygen atoms in total. The number of aliphatic carboxylic acids is 2. The Kier molecular flexibility index (Phi) is 6.11. The Morgan fingerprint density at radius 1 is 1.38 bits per heavy atom. The highest BCUT2D eigenvalue weighted by atomic mass is 16.4. The van der Waals surface area contributed by atoms with Crippen molar-refractivity contribution in [2.24, 2.45) is 7.05 Å². The van der Waals surface area contributed by atoms with E-state index in [1.165, 1.54) is 11.0 Å². The molecule has 2 amide bonds. The lowest BCUT2D eigenvalue weighted by Gasteiger charge is -2.13. The van der Waals surface area contributed by atoms with Crippen molar-refractivity contribution in [2.45, 2.75) is 25.3 Å². The van der Waals surface area contributed by atoms with Crippen molar-refractivity contribution in [3.63, 3.8) is 0 Å². The molecule has 10 heteroatoms. The molecule has 1 rings (SSSR count).